The number of nitrogens with zero attached hydrogens (tertiary/aromatic N) is 5. The van der Waals surface area contributed by atoms with E-state index in [9.17, 15) is 5.26 Å². The van der Waals surface area contributed by atoms with Crippen molar-refractivity contribution in [3.05, 3.63) is 157 Å². The summed E-state index contributed by atoms with van der Waals surface area (Å²) in [6.07, 6.45) is 0. The first kappa shape index (κ1) is 29.6. The van der Waals surface area contributed by atoms with Crippen LogP contribution in [0.5, 0.6) is 0 Å². The first-order valence-corrected chi connectivity index (χ1v) is 18.2. The van der Waals surface area contributed by atoms with Crippen molar-refractivity contribution in [3.8, 4) is 45.9 Å². The van der Waals surface area contributed by atoms with Gasteiger partial charge in [-0.3, -0.25) is 0 Å². The standard InChI is InChI=1S/C46H25N5OS/c47-26-29-23-35(46-49-44(27-13-3-1-4-14-27)48-45(50-46)28-15-5-2-6-16-28)41-32-19-8-11-21-38(32)52-43(41)42(29)51-36-20-10-7-17-30(36)33-25-40-34(24-37(33)51)31-18-9-12-22-39(31)53-40/h1-25H. The summed E-state index contributed by atoms with van der Waals surface area (Å²) in [5.41, 5.74) is 6.90. The highest BCUT2D eigenvalue weighted by atomic mass is 32.1. The molecule has 0 N–H and O–H groups in total. The van der Waals surface area contributed by atoms with Crippen molar-refractivity contribution < 1.29 is 4.42 Å². The first-order valence-electron chi connectivity index (χ1n) is 17.3. The van der Waals surface area contributed by atoms with Crippen LogP contribution in [0.15, 0.2) is 156 Å². The lowest BCUT2D eigenvalue weighted by atomic mass is 10.00. The number of hydrogen-bond donors (Lipinski definition) is 0. The summed E-state index contributed by atoms with van der Waals surface area (Å²) < 4.78 is 11.5. The second kappa shape index (κ2) is 11.4. The van der Waals surface area contributed by atoms with Crippen molar-refractivity contribution in [2.75, 3.05) is 0 Å². The zero-order valence-electron chi connectivity index (χ0n) is 28.0. The summed E-state index contributed by atoms with van der Waals surface area (Å²) in [6, 6.07) is 53.9. The topological polar surface area (TPSA) is 80.5 Å². The molecule has 0 amide bonds. The van der Waals surface area contributed by atoms with Crippen LogP contribution in [-0.4, -0.2) is 19.5 Å². The first-order chi connectivity index (χ1) is 26.2. The molecule has 4 aromatic heterocycles. The molecule has 0 aliphatic heterocycles. The van der Waals surface area contributed by atoms with Gasteiger partial charge in [-0.05, 0) is 36.4 Å². The molecule has 0 aliphatic rings. The molecule has 0 saturated carbocycles. The largest absolute Gasteiger partial charge is 0.454 e. The maximum absolute atomic E-state index is 11.1. The monoisotopic (exact) mass is 695 g/mol. The number of thiophene rings is 1. The Hall–Kier alpha value is -7.14. The van der Waals surface area contributed by atoms with Crippen molar-refractivity contribution in [2.45, 2.75) is 0 Å². The van der Waals surface area contributed by atoms with Crippen LogP contribution in [0.1, 0.15) is 5.56 Å². The summed E-state index contributed by atoms with van der Waals surface area (Å²) in [5.74, 6) is 1.56. The minimum absolute atomic E-state index is 0.451. The average Bonchev–Trinajstić information content (AvgIpc) is 3.89. The van der Waals surface area contributed by atoms with E-state index in [4.69, 9.17) is 19.4 Å². The molecule has 0 saturated heterocycles. The normalized spacial score (nSPS) is 11.8. The third-order valence-corrected chi connectivity index (χ3v) is 11.2. The van der Waals surface area contributed by atoms with Crippen molar-refractivity contribution in [2.24, 2.45) is 0 Å². The van der Waals surface area contributed by atoms with Gasteiger partial charge < -0.3 is 8.98 Å². The number of benzene rings is 7. The molecule has 4 heterocycles. The lowest BCUT2D eigenvalue weighted by Gasteiger charge is -2.14. The fourth-order valence-corrected chi connectivity index (χ4v) is 8.85. The Labute approximate surface area is 306 Å². The Morgan fingerprint density at radius 2 is 1.15 bits per heavy atom. The maximum atomic E-state index is 11.1. The van der Waals surface area contributed by atoms with Crippen molar-refractivity contribution in [1.82, 2.24) is 19.5 Å². The minimum Gasteiger partial charge on any atom is -0.454 e. The van der Waals surface area contributed by atoms with Crippen LogP contribution >= 0.6 is 11.3 Å². The minimum atomic E-state index is 0.451. The molecular formula is C46H25N5OS. The van der Waals surface area contributed by atoms with Crippen molar-refractivity contribution in [3.63, 3.8) is 0 Å². The van der Waals surface area contributed by atoms with E-state index < -0.39 is 0 Å². The van der Waals surface area contributed by atoms with E-state index in [2.05, 4.69) is 71.3 Å². The summed E-state index contributed by atoms with van der Waals surface area (Å²) in [5, 5.41) is 17.4. The molecule has 6 nitrogen and oxygen atoms in total. The number of furan rings is 1. The predicted octanol–water partition coefficient (Wildman–Crippen LogP) is 12.1. The summed E-state index contributed by atoms with van der Waals surface area (Å²) in [4.78, 5) is 15.1. The molecule has 0 unspecified atom stereocenters. The van der Waals surface area contributed by atoms with Gasteiger partial charge in [-0.25, -0.2) is 15.0 Å². The molecule has 0 bridgehead atoms. The Bertz CT molecular complexity index is 3240. The fraction of sp³-hybridized carbons (Fsp3) is 0. The highest BCUT2D eigenvalue weighted by molar-refractivity contribution is 7.25. The lowest BCUT2D eigenvalue weighted by molar-refractivity contribution is 0.666. The molecule has 7 aromatic carbocycles. The number of para-hydroxylation sites is 2. The van der Waals surface area contributed by atoms with Crippen molar-refractivity contribution in [1.29, 1.82) is 5.26 Å². The van der Waals surface area contributed by atoms with Gasteiger partial charge in [0.05, 0.1) is 16.6 Å². The number of hydrogen-bond acceptors (Lipinski definition) is 6. The highest BCUT2D eigenvalue weighted by Gasteiger charge is 2.26. The summed E-state index contributed by atoms with van der Waals surface area (Å²) in [7, 11) is 0. The summed E-state index contributed by atoms with van der Waals surface area (Å²) >= 11 is 1.80. The molecule has 0 spiro atoms. The molecule has 0 radical (unpaired) electrons. The van der Waals surface area contributed by atoms with Gasteiger partial charge in [0.25, 0.3) is 0 Å². The van der Waals surface area contributed by atoms with Crippen LogP contribution in [0, 0.1) is 11.3 Å². The van der Waals surface area contributed by atoms with Crippen molar-refractivity contribution >= 4 is 75.3 Å². The molecule has 0 aliphatic carbocycles. The molecule has 7 heteroatoms. The number of rotatable bonds is 4. The van der Waals surface area contributed by atoms with Gasteiger partial charge in [0, 0.05) is 58.4 Å². The van der Waals surface area contributed by atoms with Gasteiger partial charge in [0.2, 0.25) is 0 Å². The number of fused-ring (bicyclic) bond motifs is 9. The van der Waals surface area contributed by atoms with Gasteiger partial charge in [-0.1, -0.05) is 115 Å². The fourth-order valence-electron chi connectivity index (χ4n) is 7.73. The van der Waals surface area contributed by atoms with E-state index in [1.165, 1.54) is 20.2 Å². The van der Waals surface area contributed by atoms with E-state index in [1.807, 2.05) is 91.0 Å². The zero-order valence-corrected chi connectivity index (χ0v) is 28.8. The zero-order chi connectivity index (χ0) is 35.0. The Morgan fingerprint density at radius 3 is 1.89 bits per heavy atom. The van der Waals surface area contributed by atoms with Crippen LogP contribution in [-0.2, 0) is 0 Å². The van der Waals surface area contributed by atoms with Gasteiger partial charge >= 0.3 is 0 Å². The van der Waals surface area contributed by atoms with E-state index in [0.717, 1.165) is 43.7 Å². The Balaban J connectivity index is 1.27. The smallest absolute Gasteiger partial charge is 0.164 e. The average molecular weight is 696 g/mol. The maximum Gasteiger partial charge on any atom is 0.164 e. The quantitative estimate of drug-likeness (QED) is 0.183. The van der Waals surface area contributed by atoms with Gasteiger partial charge in [-0.2, -0.15) is 5.26 Å². The molecule has 246 valence electrons. The van der Waals surface area contributed by atoms with Gasteiger partial charge in [-0.15, -0.1) is 11.3 Å². The molecular weight excluding hydrogens is 671 g/mol. The van der Waals surface area contributed by atoms with Crippen LogP contribution in [0.25, 0.3) is 104 Å². The predicted molar refractivity (Wildman–Crippen MR) is 215 cm³/mol. The van der Waals surface area contributed by atoms with Crippen LogP contribution < -0.4 is 0 Å². The number of nitriles is 1. The van der Waals surface area contributed by atoms with Gasteiger partial charge in [0.1, 0.15) is 17.3 Å². The highest BCUT2D eigenvalue weighted by Crippen LogP contribution is 2.45. The van der Waals surface area contributed by atoms with E-state index in [1.54, 1.807) is 11.3 Å². The third-order valence-electron chi connectivity index (χ3n) is 10.1. The second-order valence-electron chi connectivity index (χ2n) is 13.1. The van der Waals surface area contributed by atoms with Crippen LogP contribution in [0.2, 0.25) is 0 Å². The summed E-state index contributed by atoms with van der Waals surface area (Å²) in [6.45, 7) is 0. The molecule has 11 rings (SSSR count). The molecule has 0 atom stereocenters. The third kappa shape index (κ3) is 4.46. The van der Waals surface area contributed by atoms with E-state index in [0.29, 0.717) is 45.5 Å². The number of aromatic nitrogens is 4. The molecule has 0 fully saturated rings. The van der Waals surface area contributed by atoms with E-state index in [-0.39, 0.29) is 0 Å². The van der Waals surface area contributed by atoms with Crippen LogP contribution in [0.4, 0.5) is 0 Å². The van der Waals surface area contributed by atoms with E-state index >= 15 is 0 Å². The molecule has 11 aromatic rings. The van der Waals surface area contributed by atoms with Crippen LogP contribution in [0.3, 0.4) is 0 Å². The Kier molecular flexibility index (Phi) is 6.38. The van der Waals surface area contributed by atoms with Gasteiger partial charge in [0.15, 0.2) is 23.1 Å². The second-order valence-corrected chi connectivity index (χ2v) is 14.2. The SMILES string of the molecule is N#Cc1cc(-c2nc(-c3ccccc3)nc(-c3ccccc3)n2)c2c(oc3ccccc32)c1-n1c2ccccc2c2cc3sc4ccccc4c3cc21. The molecule has 53 heavy (non-hydrogen) atoms. The Morgan fingerprint density at radius 1 is 0.528 bits per heavy atom. The lowest BCUT2D eigenvalue weighted by Crippen LogP contribution is -2.03.